The van der Waals surface area contributed by atoms with Crippen LogP contribution < -0.4 is 5.43 Å². The van der Waals surface area contributed by atoms with Crippen LogP contribution in [-0.2, 0) is 0 Å². The molecule has 0 amide bonds. The molecule has 0 unspecified atom stereocenters. The van der Waals surface area contributed by atoms with Gasteiger partial charge in [0.15, 0.2) is 0 Å². The molecule has 1 aromatic rings. The molecule has 0 fully saturated rings. The van der Waals surface area contributed by atoms with Crippen LogP contribution in [0.3, 0.4) is 0 Å². The summed E-state index contributed by atoms with van der Waals surface area (Å²) in [6, 6.07) is 4.80. The molecule has 0 bridgehead atoms. The summed E-state index contributed by atoms with van der Waals surface area (Å²) in [5.74, 6) is 0.267. The fourth-order valence-corrected chi connectivity index (χ4v) is 0.600. The summed E-state index contributed by atoms with van der Waals surface area (Å²) in [7, 11) is 0. The largest absolute Gasteiger partial charge is 0.428 e. The highest BCUT2D eigenvalue weighted by atomic mass is 19.4. The molecule has 0 aliphatic rings. The number of hydrogen-bond donors (Lipinski definition) is 1. The molecule has 1 N–H and O–H groups in total. The lowest BCUT2D eigenvalue weighted by molar-refractivity contribution is -0.0536. The van der Waals surface area contributed by atoms with E-state index in [0.717, 1.165) is 0 Å². The van der Waals surface area contributed by atoms with E-state index < -0.39 is 6.18 Å². The van der Waals surface area contributed by atoms with Crippen molar-refractivity contribution >= 4 is 12.0 Å². The Kier molecular flexibility index (Phi) is 2.84. The maximum atomic E-state index is 11.5. The Morgan fingerprint density at radius 1 is 1.38 bits per heavy atom. The van der Waals surface area contributed by atoms with E-state index in [1.165, 1.54) is 12.3 Å². The van der Waals surface area contributed by atoms with Crippen LogP contribution >= 0.6 is 0 Å². The molecule has 1 aromatic heterocycles. The molecule has 70 valence electrons. The molecule has 0 atom stereocenters. The Hall–Kier alpha value is -1.59. The zero-order valence-electron chi connectivity index (χ0n) is 6.42. The lowest BCUT2D eigenvalue weighted by Gasteiger charge is -1.98. The van der Waals surface area contributed by atoms with Crippen LogP contribution in [-0.4, -0.2) is 17.4 Å². The second-order valence-corrected chi connectivity index (χ2v) is 2.13. The van der Waals surface area contributed by atoms with Crippen molar-refractivity contribution in [1.82, 2.24) is 4.98 Å². The molecular weight excluding hydrogens is 183 g/mol. The van der Waals surface area contributed by atoms with Gasteiger partial charge >= 0.3 is 6.18 Å². The molecule has 1 heterocycles. The molecule has 0 aliphatic carbocycles. The van der Waals surface area contributed by atoms with Crippen LogP contribution in [0.4, 0.5) is 19.0 Å². The zero-order chi connectivity index (χ0) is 9.73. The number of hydrogen-bond acceptors (Lipinski definition) is 3. The standard InChI is InChI=1S/C7H6F3N3/c8-7(9,10)5-12-13-6-3-1-2-4-11-6/h1-5H,(H,11,13)/b12-5+. The van der Waals surface area contributed by atoms with Gasteiger partial charge in [0.25, 0.3) is 0 Å². The van der Waals surface area contributed by atoms with Gasteiger partial charge in [-0.2, -0.15) is 18.3 Å². The van der Waals surface area contributed by atoms with Gasteiger partial charge in [0, 0.05) is 6.20 Å². The Bertz CT molecular complexity index is 281. The minimum Gasteiger partial charge on any atom is -0.261 e. The first-order valence-corrected chi connectivity index (χ1v) is 3.36. The number of nitrogens with zero attached hydrogens (tertiary/aromatic N) is 2. The fourth-order valence-electron chi connectivity index (χ4n) is 0.600. The van der Waals surface area contributed by atoms with E-state index in [2.05, 4.69) is 15.5 Å². The number of nitrogens with one attached hydrogen (secondary N) is 1. The molecule has 0 aromatic carbocycles. The summed E-state index contributed by atoms with van der Waals surface area (Å²) in [6.45, 7) is 0. The average molecular weight is 189 g/mol. The van der Waals surface area contributed by atoms with Gasteiger partial charge in [-0.05, 0) is 12.1 Å². The molecule has 0 spiro atoms. The molecule has 0 aliphatic heterocycles. The number of aromatic nitrogens is 1. The first kappa shape index (κ1) is 9.50. The summed E-state index contributed by atoms with van der Waals surface area (Å²) in [5.41, 5.74) is 2.14. The Morgan fingerprint density at radius 2 is 2.15 bits per heavy atom. The van der Waals surface area contributed by atoms with Crippen LogP contribution in [0, 0.1) is 0 Å². The lowest BCUT2D eigenvalue weighted by atomic mass is 10.5. The van der Waals surface area contributed by atoms with Crippen molar-refractivity contribution in [3.63, 3.8) is 0 Å². The monoisotopic (exact) mass is 189 g/mol. The van der Waals surface area contributed by atoms with E-state index >= 15 is 0 Å². The van der Waals surface area contributed by atoms with Gasteiger partial charge in [0.2, 0.25) is 0 Å². The number of anilines is 1. The third-order valence-electron chi connectivity index (χ3n) is 1.05. The topological polar surface area (TPSA) is 37.3 Å². The predicted octanol–water partition coefficient (Wildman–Crippen LogP) is 2.04. The highest BCUT2D eigenvalue weighted by molar-refractivity contribution is 5.65. The highest BCUT2D eigenvalue weighted by Gasteiger charge is 2.23. The number of rotatable bonds is 2. The smallest absolute Gasteiger partial charge is 0.261 e. The predicted molar refractivity (Wildman–Crippen MR) is 42.4 cm³/mol. The first-order valence-electron chi connectivity index (χ1n) is 3.36. The normalized spacial score (nSPS) is 11.9. The maximum absolute atomic E-state index is 11.5. The molecule has 0 radical (unpaired) electrons. The van der Waals surface area contributed by atoms with Gasteiger partial charge in [0.1, 0.15) is 12.0 Å². The maximum Gasteiger partial charge on any atom is 0.428 e. The molecule has 0 saturated heterocycles. The summed E-state index contributed by atoms with van der Waals surface area (Å²) in [5, 5.41) is 2.95. The van der Waals surface area contributed by atoms with Crippen LogP contribution in [0.2, 0.25) is 0 Å². The second kappa shape index (κ2) is 3.88. The minimum atomic E-state index is -4.40. The summed E-state index contributed by atoms with van der Waals surface area (Å²) in [4.78, 5) is 3.71. The van der Waals surface area contributed by atoms with Gasteiger partial charge in [-0.3, -0.25) is 5.43 Å². The number of hydrazone groups is 1. The number of halogens is 3. The lowest BCUT2D eigenvalue weighted by Crippen LogP contribution is -2.10. The third kappa shape index (κ3) is 4.09. The van der Waals surface area contributed by atoms with Gasteiger partial charge in [-0.1, -0.05) is 6.07 Å². The average Bonchev–Trinajstić information content (AvgIpc) is 2.04. The number of pyridine rings is 1. The fraction of sp³-hybridized carbons (Fsp3) is 0.143. The van der Waals surface area contributed by atoms with Crippen LogP contribution in [0.5, 0.6) is 0 Å². The molecular formula is C7H6F3N3. The molecule has 0 saturated carbocycles. The Morgan fingerprint density at radius 3 is 2.69 bits per heavy atom. The van der Waals surface area contributed by atoms with E-state index in [9.17, 15) is 13.2 Å². The molecule has 6 heteroatoms. The van der Waals surface area contributed by atoms with Crippen LogP contribution in [0.15, 0.2) is 29.5 Å². The van der Waals surface area contributed by atoms with Crippen molar-refractivity contribution in [1.29, 1.82) is 0 Å². The SMILES string of the molecule is FC(F)(F)/C=N/Nc1ccccn1. The van der Waals surface area contributed by atoms with Gasteiger partial charge in [-0.25, -0.2) is 4.98 Å². The highest BCUT2D eigenvalue weighted by Crippen LogP contribution is 2.10. The Balaban J connectivity index is 2.49. The summed E-state index contributed by atoms with van der Waals surface area (Å²) < 4.78 is 34.6. The second-order valence-electron chi connectivity index (χ2n) is 2.13. The van der Waals surface area contributed by atoms with Crippen molar-refractivity contribution in [3.8, 4) is 0 Å². The minimum absolute atomic E-state index is 0.137. The van der Waals surface area contributed by atoms with Crippen molar-refractivity contribution < 1.29 is 13.2 Å². The van der Waals surface area contributed by atoms with E-state index in [-0.39, 0.29) is 12.0 Å². The Labute approximate surface area is 72.3 Å². The molecule has 3 nitrogen and oxygen atoms in total. The summed E-state index contributed by atoms with van der Waals surface area (Å²) >= 11 is 0. The van der Waals surface area contributed by atoms with E-state index in [4.69, 9.17) is 0 Å². The van der Waals surface area contributed by atoms with Crippen molar-refractivity contribution in [2.75, 3.05) is 5.43 Å². The van der Waals surface area contributed by atoms with Gasteiger partial charge < -0.3 is 0 Å². The van der Waals surface area contributed by atoms with Crippen LogP contribution in [0.25, 0.3) is 0 Å². The van der Waals surface area contributed by atoms with Gasteiger partial charge in [-0.15, -0.1) is 0 Å². The summed E-state index contributed by atoms with van der Waals surface area (Å²) in [6.07, 6.45) is -3.09. The third-order valence-corrected chi connectivity index (χ3v) is 1.05. The van der Waals surface area contributed by atoms with E-state index in [0.29, 0.717) is 0 Å². The van der Waals surface area contributed by atoms with Crippen molar-refractivity contribution in [2.24, 2.45) is 5.10 Å². The van der Waals surface area contributed by atoms with Crippen LogP contribution in [0.1, 0.15) is 0 Å². The zero-order valence-corrected chi connectivity index (χ0v) is 6.42. The van der Waals surface area contributed by atoms with E-state index in [1.807, 2.05) is 0 Å². The van der Waals surface area contributed by atoms with E-state index in [1.54, 1.807) is 12.1 Å². The quantitative estimate of drug-likeness (QED) is 0.571. The molecule has 1 rings (SSSR count). The van der Waals surface area contributed by atoms with Crippen molar-refractivity contribution in [3.05, 3.63) is 24.4 Å². The van der Waals surface area contributed by atoms with Crippen molar-refractivity contribution in [2.45, 2.75) is 6.18 Å². The first-order chi connectivity index (χ1) is 6.08. The van der Waals surface area contributed by atoms with Gasteiger partial charge in [0.05, 0.1) is 0 Å². The molecule has 13 heavy (non-hydrogen) atoms. The number of alkyl halides is 3.